The minimum atomic E-state index is -0.964. The number of nitrogens with zero attached hydrogens (tertiary/aromatic N) is 2. The molecule has 0 aliphatic carbocycles. The van der Waals surface area contributed by atoms with Crippen molar-refractivity contribution in [1.29, 1.82) is 0 Å². The quantitative estimate of drug-likeness (QED) is 0.640. The third kappa shape index (κ3) is 2.70. The summed E-state index contributed by atoms with van der Waals surface area (Å²) in [5.74, 6) is -0.964. The molecule has 0 amide bonds. The lowest BCUT2D eigenvalue weighted by atomic mass is 10.2. The molecule has 1 aromatic heterocycles. The maximum atomic E-state index is 11.0. The number of carboxylic acids is 1. The summed E-state index contributed by atoms with van der Waals surface area (Å²) in [5.41, 5.74) is -0.377. The average Bonchev–Trinajstić information content (AvgIpc) is 2.50. The summed E-state index contributed by atoms with van der Waals surface area (Å²) in [6, 6.07) is 0. The molecular weight excluding hydrogens is 190 g/mol. The van der Waals surface area contributed by atoms with Crippen LogP contribution in [0.15, 0.2) is 11.1 Å². The smallest absolute Gasteiger partial charge is 0.343 e. The molecule has 7 heteroatoms. The van der Waals surface area contributed by atoms with Crippen molar-refractivity contribution in [3.8, 4) is 0 Å². The first-order valence-electron chi connectivity index (χ1n) is 3.98. The maximum Gasteiger partial charge on any atom is 0.343 e. The molecule has 0 aromatic carbocycles. The second-order valence-corrected chi connectivity index (χ2v) is 2.77. The Morgan fingerprint density at radius 1 is 1.86 bits per heavy atom. The predicted molar refractivity (Wildman–Crippen MR) is 45.9 cm³/mol. The lowest BCUT2D eigenvalue weighted by molar-refractivity contribution is -0.139. The standard InChI is InChI=1S/C7H11N3O4/c1-14-5(2-6(11)12)3-10-4-8-9-7(10)13/h4-5H,2-3H2,1H3,(H,9,13)(H,11,12). The number of hydrogen-bond donors (Lipinski definition) is 2. The third-order valence-corrected chi connectivity index (χ3v) is 1.75. The normalized spacial score (nSPS) is 12.6. The Morgan fingerprint density at radius 2 is 2.57 bits per heavy atom. The number of rotatable bonds is 5. The molecule has 7 nitrogen and oxygen atoms in total. The summed E-state index contributed by atoms with van der Waals surface area (Å²) >= 11 is 0. The number of H-pyrrole nitrogens is 1. The molecule has 1 unspecified atom stereocenters. The Hall–Kier alpha value is -1.63. The fourth-order valence-electron chi connectivity index (χ4n) is 1.04. The van der Waals surface area contributed by atoms with Gasteiger partial charge in [-0.2, -0.15) is 5.10 Å². The zero-order chi connectivity index (χ0) is 10.6. The van der Waals surface area contributed by atoms with E-state index in [1.807, 2.05) is 0 Å². The lowest BCUT2D eigenvalue weighted by Crippen LogP contribution is -2.27. The van der Waals surface area contributed by atoms with Crippen molar-refractivity contribution in [2.24, 2.45) is 0 Å². The van der Waals surface area contributed by atoms with E-state index < -0.39 is 12.1 Å². The van der Waals surface area contributed by atoms with Crippen LogP contribution in [0, 0.1) is 0 Å². The molecular formula is C7H11N3O4. The molecule has 0 saturated carbocycles. The van der Waals surface area contributed by atoms with Crippen LogP contribution in [-0.4, -0.2) is 39.1 Å². The highest BCUT2D eigenvalue weighted by atomic mass is 16.5. The number of carbonyl (C=O) groups is 1. The van der Waals surface area contributed by atoms with Crippen LogP contribution >= 0.6 is 0 Å². The molecule has 78 valence electrons. The van der Waals surface area contributed by atoms with Crippen molar-refractivity contribution in [1.82, 2.24) is 14.8 Å². The number of hydrogen-bond acceptors (Lipinski definition) is 4. The largest absolute Gasteiger partial charge is 0.481 e. The van der Waals surface area contributed by atoms with Gasteiger partial charge in [-0.3, -0.25) is 9.36 Å². The summed E-state index contributed by atoms with van der Waals surface area (Å²) in [5, 5.41) is 14.2. The SMILES string of the molecule is COC(CC(=O)O)Cn1cn[nH]c1=O. The van der Waals surface area contributed by atoms with Gasteiger partial charge in [0.1, 0.15) is 6.33 Å². The summed E-state index contributed by atoms with van der Waals surface area (Å²) in [4.78, 5) is 21.4. The van der Waals surface area contributed by atoms with Crippen molar-refractivity contribution in [2.45, 2.75) is 19.1 Å². The second-order valence-electron chi connectivity index (χ2n) is 2.77. The number of nitrogens with one attached hydrogen (secondary N) is 1. The van der Waals surface area contributed by atoms with E-state index in [4.69, 9.17) is 9.84 Å². The second kappa shape index (κ2) is 4.56. The van der Waals surface area contributed by atoms with Gasteiger partial charge in [0.15, 0.2) is 0 Å². The van der Waals surface area contributed by atoms with E-state index in [-0.39, 0.29) is 18.7 Å². The molecule has 2 N–H and O–H groups in total. The Labute approximate surface area is 79.3 Å². The Kier molecular flexibility index (Phi) is 3.41. The topological polar surface area (TPSA) is 97.2 Å². The summed E-state index contributed by atoms with van der Waals surface area (Å²) in [6.45, 7) is 0.179. The van der Waals surface area contributed by atoms with Crippen molar-refractivity contribution in [3.05, 3.63) is 16.8 Å². The van der Waals surface area contributed by atoms with Gasteiger partial charge >= 0.3 is 11.7 Å². The molecule has 1 heterocycles. The highest BCUT2D eigenvalue weighted by Crippen LogP contribution is 1.99. The molecule has 0 aliphatic heterocycles. The highest BCUT2D eigenvalue weighted by Gasteiger charge is 2.13. The van der Waals surface area contributed by atoms with E-state index in [9.17, 15) is 9.59 Å². The maximum absolute atomic E-state index is 11.0. The monoisotopic (exact) mass is 201 g/mol. The first kappa shape index (κ1) is 10.5. The van der Waals surface area contributed by atoms with Gasteiger partial charge in [0, 0.05) is 7.11 Å². The van der Waals surface area contributed by atoms with Crippen molar-refractivity contribution < 1.29 is 14.6 Å². The number of aliphatic carboxylic acids is 1. The zero-order valence-electron chi connectivity index (χ0n) is 7.64. The number of aromatic amines is 1. The van der Waals surface area contributed by atoms with Crippen LogP contribution in [0.5, 0.6) is 0 Å². The van der Waals surface area contributed by atoms with E-state index in [2.05, 4.69) is 10.2 Å². The van der Waals surface area contributed by atoms with Crippen LogP contribution in [0.25, 0.3) is 0 Å². The first-order valence-corrected chi connectivity index (χ1v) is 3.98. The summed E-state index contributed by atoms with van der Waals surface area (Å²) < 4.78 is 6.17. The number of methoxy groups -OCH3 is 1. The van der Waals surface area contributed by atoms with Crippen LogP contribution in [0.1, 0.15) is 6.42 Å². The molecule has 0 aliphatic rings. The van der Waals surface area contributed by atoms with E-state index in [1.165, 1.54) is 18.0 Å². The molecule has 1 atom stereocenters. The van der Waals surface area contributed by atoms with Gasteiger partial charge in [-0.25, -0.2) is 9.89 Å². The molecule has 14 heavy (non-hydrogen) atoms. The summed E-state index contributed by atoms with van der Waals surface area (Å²) in [7, 11) is 1.40. The van der Waals surface area contributed by atoms with Crippen LogP contribution in [0.2, 0.25) is 0 Å². The molecule has 0 radical (unpaired) electrons. The van der Waals surface area contributed by atoms with E-state index in [0.717, 1.165) is 0 Å². The van der Waals surface area contributed by atoms with Crippen LogP contribution < -0.4 is 5.69 Å². The first-order chi connectivity index (χ1) is 6.63. The molecule has 0 bridgehead atoms. The van der Waals surface area contributed by atoms with Gasteiger partial charge in [-0.15, -0.1) is 0 Å². The Morgan fingerprint density at radius 3 is 3.00 bits per heavy atom. The van der Waals surface area contributed by atoms with Crippen LogP contribution in [0.4, 0.5) is 0 Å². The van der Waals surface area contributed by atoms with Crippen molar-refractivity contribution in [3.63, 3.8) is 0 Å². The minimum absolute atomic E-state index is 0.145. The predicted octanol–water partition coefficient (Wildman–Crippen LogP) is -0.939. The average molecular weight is 201 g/mol. The molecule has 1 rings (SSSR count). The van der Waals surface area contributed by atoms with Crippen LogP contribution in [0.3, 0.4) is 0 Å². The van der Waals surface area contributed by atoms with E-state index >= 15 is 0 Å². The third-order valence-electron chi connectivity index (χ3n) is 1.75. The zero-order valence-corrected chi connectivity index (χ0v) is 7.64. The van der Waals surface area contributed by atoms with Crippen LogP contribution in [-0.2, 0) is 16.1 Å². The number of aromatic nitrogens is 3. The van der Waals surface area contributed by atoms with Gasteiger partial charge in [0.25, 0.3) is 0 Å². The van der Waals surface area contributed by atoms with Gasteiger partial charge in [-0.1, -0.05) is 0 Å². The fourth-order valence-corrected chi connectivity index (χ4v) is 1.04. The lowest BCUT2D eigenvalue weighted by Gasteiger charge is -2.11. The van der Waals surface area contributed by atoms with E-state index in [1.54, 1.807) is 0 Å². The van der Waals surface area contributed by atoms with Gasteiger partial charge in [0.05, 0.1) is 19.1 Å². The van der Waals surface area contributed by atoms with E-state index in [0.29, 0.717) is 0 Å². The number of carboxylic acid groups (broad SMARTS) is 1. The van der Waals surface area contributed by atoms with Gasteiger partial charge in [0.2, 0.25) is 0 Å². The summed E-state index contributed by atoms with van der Waals surface area (Å²) in [6.07, 6.45) is 0.632. The fraction of sp³-hybridized carbons (Fsp3) is 0.571. The molecule has 0 fully saturated rings. The van der Waals surface area contributed by atoms with Gasteiger partial charge in [-0.05, 0) is 0 Å². The van der Waals surface area contributed by atoms with Gasteiger partial charge < -0.3 is 9.84 Å². The molecule has 1 aromatic rings. The highest BCUT2D eigenvalue weighted by molar-refractivity contribution is 5.67. The molecule has 0 saturated heterocycles. The minimum Gasteiger partial charge on any atom is -0.481 e. The molecule has 0 spiro atoms. The number of ether oxygens (including phenoxy) is 1. The van der Waals surface area contributed by atoms with Crippen molar-refractivity contribution >= 4 is 5.97 Å². The van der Waals surface area contributed by atoms with Crippen molar-refractivity contribution in [2.75, 3.05) is 7.11 Å². The Bertz CT molecular complexity index is 356. The Balaban J connectivity index is 2.61.